The van der Waals surface area contributed by atoms with E-state index in [0.29, 0.717) is 5.02 Å². The van der Waals surface area contributed by atoms with Crippen molar-refractivity contribution in [2.45, 2.75) is 12.5 Å². The molecule has 4 nitrogen and oxygen atoms in total. The van der Waals surface area contributed by atoms with Gasteiger partial charge >= 0.3 is 0 Å². The number of pyridine rings is 1. The van der Waals surface area contributed by atoms with Gasteiger partial charge in [0.15, 0.2) is 0 Å². The summed E-state index contributed by atoms with van der Waals surface area (Å²) in [7, 11) is 3.91. The van der Waals surface area contributed by atoms with E-state index in [0.717, 1.165) is 17.8 Å². The van der Waals surface area contributed by atoms with Crippen LogP contribution < -0.4 is 5.32 Å². The molecule has 1 unspecified atom stereocenters. The number of aryl methyl sites for hydroxylation is 1. The minimum absolute atomic E-state index is 0.148. The molecule has 1 N–H and O–H groups in total. The van der Waals surface area contributed by atoms with Crippen molar-refractivity contribution in [2.75, 3.05) is 7.05 Å². The zero-order chi connectivity index (χ0) is 12.3. The number of aromatic nitrogens is 3. The van der Waals surface area contributed by atoms with E-state index in [9.17, 15) is 0 Å². The van der Waals surface area contributed by atoms with Crippen molar-refractivity contribution in [3.63, 3.8) is 0 Å². The van der Waals surface area contributed by atoms with E-state index in [2.05, 4.69) is 15.3 Å². The number of nitrogens with zero attached hydrogens (tertiary/aromatic N) is 3. The standard InChI is InChI=1S/C12H15ClN4/c1-14-11(12-16-5-6-17(12)2)7-9-3-4-15-8-10(9)13/h3-6,8,11,14H,7H2,1-2H3. The second-order valence-corrected chi connectivity index (χ2v) is 4.32. The van der Waals surface area contributed by atoms with Crippen LogP contribution in [0, 0.1) is 0 Å². The van der Waals surface area contributed by atoms with Crippen LogP contribution in [0.5, 0.6) is 0 Å². The third-order valence-corrected chi connectivity index (χ3v) is 3.14. The number of imidazole rings is 1. The average Bonchev–Trinajstić information content (AvgIpc) is 2.75. The fourth-order valence-electron chi connectivity index (χ4n) is 1.82. The molecule has 5 heteroatoms. The van der Waals surface area contributed by atoms with E-state index in [1.54, 1.807) is 18.6 Å². The van der Waals surface area contributed by atoms with Crippen molar-refractivity contribution in [3.05, 3.63) is 47.3 Å². The van der Waals surface area contributed by atoms with Crippen LogP contribution in [0.15, 0.2) is 30.9 Å². The van der Waals surface area contributed by atoms with Crippen molar-refractivity contribution in [1.82, 2.24) is 19.9 Å². The van der Waals surface area contributed by atoms with Crippen molar-refractivity contribution < 1.29 is 0 Å². The van der Waals surface area contributed by atoms with Crippen LogP contribution in [0.1, 0.15) is 17.4 Å². The molecule has 0 fully saturated rings. The van der Waals surface area contributed by atoms with Crippen LogP contribution in [0.25, 0.3) is 0 Å². The second kappa shape index (κ2) is 5.29. The number of hydrogen-bond donors (Lipinski definition) is 1. The molecule has 0 saturated heterocycles. The first-order valence-electron chi connectivity index (χ1n) is 5.45. The summed E-state index contributed by atoms with van der Waals surface area (Å²) in [4.78, 5) is 8.34. The van der Waals surface area contributed by atoms with E-state index in [4.69, 9.17) is 11.6 Å². The topological polar surface area (TPSA) is 42.7 Å². The van der Waals surface area contributed by atoms with Crippen molar-refractivity contribution in [3.8, 4) is 0 Å². The molecule has 1 atom stereocenters. The summed E-state index contributed by atoms with van der Waals surface area (Å²) >= 11 is 6.11. The van der Waals surface area contributed by atoms with Gasteiger partial charge in [0.1, 0.15) is 5.82 Å². The molecule has 17 heavy (non-hydrogen) atoms. The van der Waals surface area contributed by atoms with E-state index >= 15 is 0 Å². The van der Waals surface area contributed by atoms with Crippen LogP contribution in [0.4, 0.5) is 0 Å². The molecule has 0 aliphatic heterocycles. The first-order chi connectivity index (χ1) is 8.22. The number of halogens is 1. The second-order valence-electron chi connectivity index (χ2n) is 3.91. The monoisotopic (exact) mass is 250 g/mol. The lowest BCUT2D eigenvalue weighted by Gasteiger charge is -2.16. The van der Waals surface area contributed by atoms with Gasteiger partial charge in [0.25, 0.3) is 0 Å². The lowest BCUT2D eigenvalue weighted by Crippen LogP contribution is -2.22. The fourth-order valence-corrected chi connectivity index (χ4v) is 2.02. The van der Waals surface area contributed by atoms with Crippen LogP contribution in [-0.4, -0.2) is 21.6 Å². The highest BCUT2D eigenvalue weighted by atomic mass is 35.5. The Morgan fingerprint density at radius 2 is 2.29 bits per heavy atom. The third-order valence-electron chi connectivity index (χ3n) is 2.80. The third kappa shape index (κ3) is 2.65. The van der Waals surface area contributed by atoms with Crippen LogP contribution in [0.3, 0.4) is 0 Å². The van der Waals surface area contributed by atoms with Gasteiger partial charge in [0.05, 0.1) is 11.1 Å². The quantitative estimate of drug-likeness (QED) is 0.902. The molecular formula is C12H15ClN4. The van der Waals surface area contributed by atoms with E-state index in [1.807, 2.05) is 30.9 Å². The minimum Gasteiger partial charge on any atom is -0.337 e. The molecule has 0 saturated carbocycles. The molecule has 90 valence electrons. The molecule has 0 aliphatic rings. The Morgan fingerprint density at radius 1 is 1.47 bits per heavy atom. The summed E-state index contributed by atoms with van der Waals surface area (Å²) < 4.78 is 2.01. The normalized spacial score (nSPS) is 12.6. The lowest BCUT2D eigenvalue weighted by molar-refractivity contribution is 0.538. The number of likely N-dealkylation sites (N-methyl/N-ethyl adjacent to an activating group) is 1. The number of rotatable bonds is 4. The lowest BCUT2D eigenvalue weighted by atomic mass is 10.1. The van der Waals surface area contributed by atoms with E-state index in [-0.39, 0.29) is 6.04 Å². The fraction of sp³-hybridized carbons (Fsp3) is 0.333. The maximum absolute atomic E-state index is 6.11. The zero-order valence-electron chi connectivity index (χ0n) is 9.89. The minimum atomic E-state index is 0.148. The highest BCUT2D eigenvalue weighted by Crippen LogP contribution is 2.21. The molecule has 0 bridgehead atoms. The highest BCUT2D eigenvalue weighted by Gasteiger charge is 2.15. The number of nitrogens with one attached hydrogen (secondary N) is 1. The smallest absolute Gasteiger partial charge is 0.125 e. The van der Waals surface area contributed by atoms with E-state index in [1.165, 1.54) is 0 Å². The van der Waals surface area contributed by atoms with Gasteiger partial charge in [-0.15, -0.1) is 0 Å². The van der Waals surface area contributed by atoms with Crippen LogP contribution in [-0.2, 0) is 13.5 Å². The van der Waals surface area contributed by atoms with Gasteiger partial charge < -0.3 is 9.88 Å². The summed E-state index contributed by atoms with van der Waals surface area (Å²) in [5.41, 5.74) is 1.07. The molecule has 0 spiro atoms. The van der Waals surface area contributed by atoms with Gasteiger partial charge in [0.2, 0.25) is 0 Å². The molecule has 2 aromatic rings. The Labute approximate surface area is 106 Å². The maximum Gasteiger partial charge on any atom is 0.125 e. The van der Waals surface area contributed by atoms with E-state index < -0.39 is 0 Å². The summed E-state index contributed by atoms with van der Waals surface area (Å²) in [6, 6.07) is 2.09. The molecule has 0 amide bonds. The predicted molar refractivity (Wildman–Crippen MR) is 68.0 cm³/mol. The van der Waals surface area contributed by atoms with Crippen molar-refractivity contribution in [2.24, 2.45) is 7.05 Å². The predicted octanol–water partition coefficient (Wildman–Crippen LogP) is 1.97. The van der Waals surface area contributed by atoms with Gasteiger partial charge in [-0.1, -0.05) is 11.6 Å². The largest absolute Gasteiger partial charge is 0.337 e. The first kappa shape index (κ1) is 12.1. The number of hydrogen-bond acceptors (Lipinski definition) is 3. The molecule has 0 aromatic carbocycles. The molecule has 0 aliphatic carbocycles. The van der Waals surface area contributed by atoms with Crippen LogP contribution >= 0.6 is 11.6 Å². The zero-order valence-corrected chi connectivity index (χ0v) is 10.6. The SMILES string of the molecule is CNC(Cc1ccncc1Cl)c1nccn1C. The van der Waals surface area contributed by atoms with Crippen molar-refractivity contribution in [1.29, 1.82) is 0 Å². The summed E-state index contributed by atoms with van der Waals surface area (Å²) in [6.07, 6.45) is 7.96. The summed E-state index contributed by atoms with van der Waals surface area (Å²) in [5, 5.41) is 3.95. The van der Waals surface area contributed by atoms with Gasteiger partial charge in [0, 0.05) is 31.8 Å². The summed E-state index contributed by atoms with van der Waals surface area (Å²) in [6.45, 7) is 0. The highest BCUT2D eigenvalue weighted by molar-refractivity contribution is 6.31. The Bertz CT molecular complexity index is 495. The molecule has 2 heterocycles. The Balaban J connectivity index is 2.22. The molecule has 2 rings (SSSR count). The molecule has 2 aromatic heterocycles. The van der Waals surface area contributed by atoms with Gasteiger partial charge in [-0.25, -0.2) is 4.98 Å². The Hall–Kier alpha value is -1.39. The molecule has 0 radical (unpaired) electrons. The average molecular weight is 251 g/mol. The van der Waals surface area contributed by atoms with Crippen LogP contribution in [0.2, 0.25) is 5.02 Å². The summed E-state index contributed by atoms with van der Waals surface area (Å²) in [5.74, 6) is 1.00. The van der Waals surface area contributed by atoms with Gasteiger partial charge in [-0.3, -0.25) is 4.98 Å². The van der Waals surface area contributed by atoms with Crippen molar-refractivity contribution >= 4 is 11.6 Å². The Morgan fingerprint density at radius 3 is 2.88 bits per heavy atom. The maximum atomic E-state index is 6.11. The van der Waals surface area contributed by atoms with Gasteiger partial charge in [-0.05, 0) is 25.1 Å². The Kier molecular flexibility index (Phi) is 3.76. The first-order valence-corrected chi connectivity index (χ1v) is 5.83. The van der Waals surface area contributed by atoms with Gasteiger partial charge in [-0.2, -0.15) is 0 Å². The molecular weight excluding hydrogens is 236 g/mol.